The smallest absolute Gasteiger partial charge is 0.356 e. The summed E-state index contributed by atoms with van der Waals surface area (Å²) in [4.78, 5) is 24.3. The Morgan fingerprint density at radius 3 is 2.53 bits per heavy atom. The van der Waals surface area contributed by atoms with E-state index < -0.39 is 54.8 Å². The van der Waals surface area contributed by atoms with Gasteiger partial charge in [0.1, 0.15) is 29.8 Å². The summed E-state index contributed by atoms with van der Waals surface area (Å²) in [5.41, 5.74) is -2.74. The lowest BCUT2D eigenvalue weighted by atomic mass is 9.90. The highest BCUT2D eigenvalue weighted by molar-refractivity contribution is 7.53. The number of pyridine rings is 1. The van der Waals surface area contributed by atoms with Crippen LogP contribution in [0.5, 0.6) is 0 Å². The van der Waals surface area contributed by atoms with Crippen LogP contribution in [0.4, 0.5) is 4.39 Å². The molecule has 1 fully saturated rings. The molecule has 0 aromatic carbocycles. The van der Waals surface area contributed by atoms with E-state index in [1.54, 1.807) is 0 Å². The number of ether oxygens (including phenoxy) is 1. The first kappa shape index (κ1) is 26.7. The molecule has 9 nitrogen and oxygen atoms in total. The maximum atomic E-state index is 14.9. The van der Waals surface area contributed by atoms with Crippen LogP contribution in [0.2, 0.25) is 0 Å². The number of H-pyrrole nitrogens is 1. The van der Waals surface area contributed by atoms with Crippen LogP contribution in [0.15, 0.2) is 4.79 Å². The van der Waals surface area contributed by atoms with Gasteiger partial charge in [-0.1, -0.05) is 26.2 Å². The molecule has 1 aliphatic heterocycles. The Kier molecular flexibility index (Phi) is 8.46. The first-order valence-corrected chi connectivity index (χ1v) is 12.1. The van der Waals surface area contributed by atoms with Gasteiger partial charge in [-0.05, 0) is 26.7 Å². The normalized spacial score (nSPS) is 28.0. The van der Waals surface area contributed by atoms with Crippen molar-refractivity contribution in [2.75, 3.05) is 0 Å². The van der Waals surface area contributed by atoms with Gasteiger partial charge >= 0.3 is 7.60 Å². The molecule has 0 spiro atoms. The Labute approximate surface area is 186 Å². The number of aliphatic hydroxyl groups excluding tert-OH is 3. The third-order valence-electron chi connectivity index (χ3n) is 5.71. The number of aromatic amines is 1. The Hall–Kier alpha value is -1.57. The Morgan fingerprint density at radius 2 is 2.00 bits per heavy atom. The van der Waals surface area contributed by atoms with Crippen molar-refractivity contribution in [2.24, 2.45) is 0 Å². The summed E-state index contributed by atoms with van der Waals surface area (Å²) >= 11 is 0. The van der Waals surface area contributed by atoms with Crippen LogP contribution in [-0.4, -0.2) is 55.0 Å². The van der Waals surface area contributed by atoms with E-state index in [0.29, 0.717) is 6.42 Å². The van der Waals surface area contributed by atoms with E-state index in [9.17, 15) is 34.0 Å². The molecule has 0 saturated carbocycles. The van der Waals surface area contributed by atoms with E-state index in [4.69, 9.17) is 15.7 Å². The van der Waals surface area contributed by atoms with Crippen LogP contribution in [-0.2, 0) is 13.8 Å². The lowest BCUT2D eigenvalue weighted by molar-refractivity contribution is -0.0517. The van der Waals surface area contributed by atoms with Gasteiger partial charge in [0.05, 0.1) is 22.8 Å². The van der Waals surface area contributed by atoms with Crippen LogP contribution in [0.1, 0.15) is 69.4 Å². The first-order valence-electron chi connectivity index (χ1n) is 10.4. The highest BCUT2D eigenvalue weighted by Gasteiger charge is 2.49. The number of terminal acetylenes is 1. The van der Waals surface area contributed by atoms with Crippen molar-refractivity contribution in [3.05, 3.63) is 33.0 Å². The standard InChI is InChI=1S/C21H31FNO8P/c1-6-9-21(5,31-32(28,29)14(24)8-3)10-13-17(25)18(26)19(30-13)15-12(7-2)23-20(27)11(4)16(15)22/h2,13-14,17-19,24-26H,6,8-10H2,1,3-5H3,(H,23,27)(H,28,29)/t13-,14?,17?,18+,19+,21?/m1/s1. The van der Waals surface area contributed by atoms with Crippen molar-refractivity contribution in [1.29, 1.82) is 0 Å². The van der Waals surface area contributed by atoms with Crippen molar-refractivity contribution in [3.63, 3.8) is 0 Å². The van der Waals surface area contributed by atoms with Gasteiger partial charge in [0.25, 0.3) is 5.56 Å². The molecule has 5 N–H and O–H groups in total. The third-order valence-corrected chi connectivity index (χ3v) is 7.53. The molecule has 2 rings (SSSR count). The van der Waals surface area contributed by atoms with Gasteiger partial charge in [0, 0.05) is 6.42 Å². The highest BCUT2D eigenvalue weighted by Crippen LogP contribution is 2.53. The predicted octanol–water partition coefficient (Wildman–Crippen LogP) is 1.84. The number of halogens is 1. The minimum atomic E-state index is -4.40. The Bertz CT molecular complexity index is 976. The lowest BCUT2D eigenvalue weighted by Gasteiger charge is -2.35. The number of hydrogen-bond acceptors (Lipinski definition) is 7. The van der Waals surface area contributed by atoms with E-state index in [1.165, 1.54) is 20.8 Å². The Morgan fingerprint density at radius 1 is 1.38 bits per heavy atom. The summed E-state index contributed by atoms with van der Waals surface area (Å²) in [5.74, 6) is -0.368. The molecule has 0 amide bonds. The summed E-state index contributed by atoms with van der Waals surface area (Å²) < 4.78 is 38.6. The molecule has 2 heterocycles. The molecule has 11 heteroatoms. The van der Waals surface area contributed by atoms with E-state index in [0.717, 1.165) is 0 Å². The fourth-order valence-corrected chi connectivity index (χ4v) is 5.35. The second-order valence-corrected chi connectivity index (χ2v) is 10.3. The zero-order valence-corrected chi connectivity index (χ0v) is 19.4. The van der Waals surface area contributed by atoms with Gasteiger partial charge in [-0.25, -0.2) is 4.39 Å². The summed E-state index contributed by atoms with van der Waals surface area (Å²) in [5, 5.41) is 31.0. The monoisotopic (exact) mass is 475 g/mol. The van der Waals surface area contributed by atoms with Gasteiger partial charge in [0.2, 0.25) is 0 Å². The highest BCUT2D eigenvalue weighted by atomic mass is 31.2. The SMILES string of the molecule is C#Cc1[nH]c(=O)c(C)c(F)c1[C@@H]1O[C@H](CC(C)(CCC)OP(=O)(O)C(O)CC)C(O)[C@@H]1O. The van der Waals surface area contributed by atoms with Gasteiger partial charge < -0.3 is 34.5 Å². The van der Waals surface area contributed by atoms with Crippen LogP contribution in [0, 0.1) is 25.1 Å². The summed E-state index contributed by atoms with van der Waals surface area (Å²) in [6.07, 6.45) is 0.504. The number of nitrogens with one attached hydrogen (secondary N) is 1. The Balaban J connectivity index is 2.37. The fraction of sp³-hybridized carbons (Fsp3) is 0.667. The maximum Gasteiger partial charge on any atom is 0.356 e. The van der Waals surface area contributed by atoms with E-state index in [2.05, 4.69) is 10.9 Å². The largest absolute Gasteiger partial charge is 0.388 e. The van der Waals surface area contributed by atoms with Crippen molar-refractivity contribution >= 4 is 7.60 Å². The zero-order chi connectivity index (χ0) is 24.4. The molecule has 1 aromatic heterocycles. The van der Waals surface area contributed by atoms with E-state index >= 15 is 0 Å². The maximum absolute atomic E-state index is 14.9. The van der Waals surface area contributed by atoms with Gasteiger partial charge in [0.15, 0.2) is 5.85 Å². The first-order chi connectivity index (χ1) is 14.8. The van der Waals surface area contributed by atoms with Crippen molar-refractivity contribution in [1.82, 2.24) is 4.98 Å². The van der Waals surface area contributed by atoms with Gasteiger partial charge in [-0.2, -0.15) is 0 Å². The molecule has 1 aliphatic rings. The van der Waals surface area contributed by atoms with Gasteiger partial charge in [-0.15, -0.1) is 6.42 Å². The van der Waals surface area contributed by atoms with Crippen LogP contribution >= 0.6 is 7.60 Å². The second-order valence-electron chi connectivity index (χ2n) is 8.35. The van der Waals surface area contributed by atoms with Crippen LogP contribution in [0.25, 0.3) is 0 Å². The van der Waals surface area contributed by atoms with E-state index in [-0.39, 0.29) is 36.1 Å². The minimum Gasteiger partial charge on any atom is -0.388 e. The molecule has 7 atom stereocenters. The number of hydrogen-bond donors (Lipinski definition) is 5. The average molecular weight is 475 g/mol. The molecule has 0 aliphatic carbocycles. The fourth-order valence-electron chi connectivity index (χ4n) is 3.97. The molecule has 0 bridgehead atoms. The summed E-state index contributed by atoms with van der Waals surface area (Å²) in [6, 6.07) is 0. The topological polar surface area (TPSA) is 149 Å². The number of aromatic nitrogens is 1. The molecule has 180 valence electrons. The van der Waals surface area contributed by atoms with Crippen LogP contribution in [0.3, 0.4) is 0 Å². The molecular weight excluding hydrogens is 444 g/mol. The van der Waals surface area contributed by atoms with E-state index in [1.807, 2.05) is 6.92 Å². The van der Waals surface area contributed by atoms with Crippen molar-refractivity contribution in [3.8, 4) is 12.3 Å². The summed E-state index contributed by atoms with van der Waals surface area (Å²) in [7, 11) is -4.40. The minimum absolute atomic E-state index is 0.000965. The molecule has 0 radical (unpaired) electrons. The molecule has 1 saturated heterocycles. The molecule has 32 heavy (non-hydrogen) atoms. The quantitative estimate of drug-likeness (QED) is 0.268. The zero-order valence-electron chi connectivity index (χ0n) is 18.5. The van der Waals surface area contributed by atoms with Crippen molar-refractivity contribution in [2.45, 2.75) is 89.2 Å². The average Bonchev–Trinajstić information content (AvgIpc) is 2.98. The third kappa shape index (κ3) is 5.32. The van der Waals surface area contributed by atoms with Gasteiger partial charge in [-0.3, -0.25) is 9.36 Å². The van der Waals surface area contributed by atoms with Crippen LogP contribution < -0.4 is 5.56 Å². The lowest BCUT2D eigenvalue weighted by Crippen LogP contribution is -2.39. The second kappa shape index (κ2) is 10.1. The molecule has 1 aromatic rings. The predicted molar refractivity (Wildman–Crippen MR) is 114 cm³/mol. The number of rotatable bonds is 9. The number of aliphatic hydroxyl groups is 3. The molecule has 4 unspecified atom stereocenters. The van der Waals surface area contributed by atoms with Crippen molar-refractivity contribution < 1.29 is 38.4 Å². The summed E-state index contributed by atoms with van der Waals surface area (Å²) in [6.45, 7) is 6.14. The molecular formula is C21H31FNO8P.